The Morgan fingerprint density at radius 3 is 2.78 bits per heavy atom. The lowest BCUT2D eigenvalue weighted by Crippen LogP contribution is -2.49. The van der Waals surface area contributed by atoms with Crippen molar-refractivity contribution in [3.05, 3.63) is 46.7 Å². The van der Waals surface area contributed by atoms with E-state index in [2.05, 4.69) is 21.2 Å². The highest BCUT2D eigenvalue weighted by Crippen LogP contribution is 2.33. The van der Waals surface area contributed by atoms with E-state index in [1.54, 1.807) is 4.90 Å². The molecule has 92 valence electrons. The number of halogens is 1. The number of benzene rings is 1. The number of nitrogens with one attached hydrogen (secondary N) is 1. The van der Waals surface area contributed by atoms with Gasteiger partial charge in [0.25, 0.3) is 5.91 Å². The number of hydrogen-bond acceptors (Lipinski definition) is 3. The third-order valence-corrected chi connectivity index (χ3v) is 4.41. The fraction of sp³-hybridized carbons (Fsp3) is 0.154. The number of rotatable bonds is 2. The number of carbonyl (C=O) groups excluding carboxylic acids is 1. The van der Waals surface area contributed by atoms with Crippen LogP contribution in [-0.4, -0.2) is 17.4 Å². The van der Waals surface area contributed by atoms with Gasteiger partial charge in [0, 0.05) is 11.0 Å². The Morgan fingerprint density at radius 1 is 1.28 bits per heavy atom. The predicted octanol–water partition coefficient (Wildman–Crippen LogP) is 3.54. The standard InChI is InChI=1S/C13H11BrN2OS/c14-8-11-15-10-6-7-18-12(10)13(17)16(11)9-4-2-1-3-5-9/h1-7,11,15H,8H2. The highest BCUT2D eigenvalue weighted by atomic mass is 79.9. The number of alkyl halides is 1. The Balaban J connectivity index is 2.06. The molecule has 5 heteroatoms. The smallest absolute Gasteiger partial charge is 0.272 e. The molecule has 18 heavy (non-hydrogen) atoms. The van der Waals surface area contributed by atoms with E-state index in [1.807, 2.05) is 41.8 Å². The van der Waals surface area contributed by atoms with Gasteiger partial charge in [-0.2, -0.15) is 0 Å². The summed E-state index contributed by atoms with van der Waals surface area (Å²) in [6.45, 7) is 0. The van der Waals surface area contributed by atoms with Gasteiger partial charge in [0.1, 0.15) is 11.0 Å². The highest BCUT2D eigenvalue weighted by molar-refractivity contribution is 9.09. The summed E-state index contributed by atoms with van der Waals surface area (Å²) in [6.07, 6.45) is -0.0537. The number of thiophene rings is 1. The SMILES string of the molecule is O=C1c2sccc2NC(CBr)N1c1ccccc1. The molecule has 0 radical (unpaired) electrons. The first-order valence-corrected chi connectivity index (χ1v) is 7.60. The summed E-state index contributed by atoms with van der Waals surface area (Å²) in [5, 5.41) is 6.00. The lowest BCUT2D eigenvalue weighted by Gasteiger charge is -2.35. The van der Waals surface area contributed by atoms with Crippen LogP contribution in [0.25, 0.3) is 0 Å². The molecule has 3 rings (SSSR count). The van der Waals surface area contributed by atoms with Crippen molar-refractivity contribution in [2.75, 3.05) is 15.5 Å². The number of fused-ring (bicyclic) bond motifs is 1. The van der Waals surface area contributed by atoms with Gasteiger partial charge in [-0.05, 0) is 23.6 Å². The van der Waals surface area contributed by atoms with Gasteiger partial charge in [0.2, 0.25) is 0 Å². The van der Waals surface area contributed by atoms with E-state index in [1.165, 1.54) is 11.3 Å². The van der Waals surface area contributed by atoms with E-state index in [0.29, 0.717) is 5.33 Å². The summed E-state index contributed by atoms with van der Waals surface area (Å²) in [7, 11) is 0. The predicted molar refractivity (Wildman–Crippen MR) is 78.8 cm³/mol. The lowest BCUT2D eigenvalue weighted by molar-refractivity contribution is 0.0982. The van der Waals surface area contributed by atoms with Crippen molar-refractivity contribution in [2.45, 2.75) is 6.17 Å². The van der Waals surface area contributed by atoms with Gasteiger partial charge >= 0.3 is 0 Å². The van der Waals surface area contributed by atoms with Crippen LogP contribution >= 0.6 is 27.3 Å². The Morgan fingerprint density at radius 2 is 2.06 bits per heavy atom. The summed E-state index contributed by atoms with van der Waals surface area (Å²) in [5.41, 5.74) is 1.85. The van der Waals surface area contributed by atoms with Crippen LogP contribution in [0.5, 0.6) is 0 Å². The molecule has 0 saturated heterocycles. The average Bonchev–Trinajstić information content (AvgIpc) is 2.88. The molecule has 1 unspecified atom stereocenters. The fourth-order valence-corrected chi connectivity index (χ4v) is 3.32. The zero-order chi connectivity index (χ0) is 12.5. The van der Waals surface area contributed by atoms with Crippen LogP contribution in [0, 0.1) is 0 Å². The minimum absolute atomic E-state index is 0.0537. The first-order chi connectivity index (χ1) is 8.81. The third-order valence-electron chi connectivity index (χ3n) is 2.89. The second kappa shape index (κ2) is 4.74. The number of hydrogen-bond donors (Lipinski definition) is 1. The molecule has 0 fully saturated rings. The molecule has 1 atom stereocenters. The van der Waals surface area contributed by atoms with Crippen molar-refractivity contribution in [3.8, 4) is 0 Å². The first-order valence-electron chi connectivity index (χ1n) is 5.60. The van der Waals surface area contributed by atoms with E-state index in [-0.39, 0.29) is 12.1 Å². The average molecular weight is 323 g/mol. The van der Waals surface area contributed by atoms with Gasteiger partial charge < -0.3 is 5.32 Å². The zero-order valence-corrected chi connectivity index (χ0v) is 11.9. The molecule has 3 nitrogen and oxygen atoms in total. The minimum atomic E-state index is -0.0537. The van der Waals surface area contributed by atoms with Crippen molar-refractivity contribution in [1.82, 2.24) is 0 Å². The fourth-order valence-electron chi connectivity index (χ4n) is 2.08. The number of carbonyl (C=O) groups is 1. The van der Waals surface area contributed by atoms with Gasteiger partial charge in [-0.3, -0.25) is 9.69 Å². The van der Waals surface area contributed by atoms with Crippen molar-refractivity contribution >= 4 is 44.5 Å². The molecule has 1 N–H and O–H groups in total. The molecule has 2 heterocycles. The molecular weight excluding hydrogens is 312 g/mol. The largest absolute Gasteiger partial charge is 0.363 e. The number of nitrogens with zero attached hydrogens (tertiary/aromatic N) is 1. The summed E-state index contributed by atoms with van der Waals surface area (Å²) >= 11 is 4.94. The van der Waals surface area contributed by atoms with E-state index in [9.17, 15) is 4.79 Å². The zero-order valence-electron chi connectivity index (χ0n) is 9.47. The molecule has 1 aromatic carbocycles. The van der Waals surface area contributed by atoms with Crippen molar-refractivity contribution < 1.29 is 4.79 Å². The van der Waals surface area contributed by atoms with Crippen LogP contribution in [0.2, 0.25) is 0 Å². The Labute approximate surface area is 118 Å². The van der Waals surface area contributed by atoms with Gasteiger partial charge in [0.05, 0.1) is 5.69 Å². The van der Waals surface area contributed by atoms with Gasteiger partial charge in [-0.15, -0.1) is 11.3 Å². The van der Waals surface area contributed by atoms with E-state index in [0.717, 1.165) is 16.3 Å². The molecule has 0 bridgehead atoms. The molecule has 0 saturated carbocycles. The summed E-state index contributed by atoms with van der Waals surface area (Å²) in [5.74, 6) is 0.0643. The second-order valence-electron chi connectivity index (χ2n) is 3.99. The Kier molecular flexibility index (Phi) is 3.09. The molecule has 1 aliphatic rings. The van der Waals surface area contributed by atoms with E-state index in [4.69, 9.17) is 0 Å². The summed E-state index contributed by atoms with van der Waals surface area (Å²) < 4.78 is 0. The van der Waals surface area contributed by atoms with Crippen LogP contribution in [0.3, 0.4) is 0 Å². The van der Waals surface area contributed by atoms with E-state index < -0.39 is 0 Å². The van der Waals surface area contributed by atoms with Crippen LogP contribution in [-0.2, 0) is 0 Å². The number of para-hydroxylation sites is 1. The first kappa shape index (κ1) is 11.7. The molecule has 2 aromatic rings. The Bertz CT molecular complexity index is 569. The quantitative estimate of drug-likeness (QED) is 0.858. The van der Waals surface area contributed by atoms with Crippen molar-refractivity contribution in [3.63, 3.8) is 0 Å². The normalized spacial score (nSPS) is 18.4. The van der Waals surface area contributed by atoms with Crippen LogP contribution < -0.4 is 10.2 Å². The maximum absolute atomic E-state index is 12.5. The third kappa shape index (κ3) is 1.83. The maximum atomic E-state index is 12.5. The number of amides is 1. The van der Waals surface area contributed by atoms with Crippen molar-refractivity contribution in [1.29, 1.82) is 0 Å². The summed E-state index contributed by atoms with van der Waals surface area (Å²) in [6, 6.07) is 11.7. The topological polar surface area (TPSA) is 32.3 Å². The van der Waals surface area contributed by atoms with Gasteiger partial charge in [-0.25, -0.2) is 0 Å². The van der Waals surface area contributed by atoms with E-state index >= 15 is 0 Å². The van der Waals surface area contributed by atoms with Crippen LogP contribution in [0.4, 0.5) is 11.4 Å². The molecule has 1 aromatic heterocycles. The molecule has 1 aliphatic heterocycles. The van der Waals surface area contributed by atoms with Gasteiger partial charge in [-0.1, -0.05) is 34.1 Å². The second-order valence-corrected chi connectivity index (χ2v) is 5.55. The molecular formula is C13H11BrN2OS. The summed E-state index contributed by atoms with van der Waals surface area (Å²) in [4.78, 5) is 15.1. The van der Waals surface area contributed by atoms with Crippen LogP contribution in [0.15, 0.2) is 41.8 Å². The molecule has 1 amide bonds. The lowest BCUT2D eigenvalue weighted by atomic mass is 10.2. The Hall–Kier alpha value is -1.33. The highest BCUT2D eigenvalue weighted by Gasteiger charge is 2.33. The number of anilines is 2. The van der Waals surface area contributed by atoms with Crippen LogP contribution in [0.1, 0.15) is 9.67 Å². The van der Waals surface area contributed by atoms with Crippen molar-refractivity contribution in [2.24, 2.45) is 0 Å². The molecule has 0 spiro atoms. The monoisotopic (exact) mass is 322 g/mol. The minimum Gasteiger partial charge on any atom is -0.363 e. The van der Waals surface area contributed by atoms with Gasteiger partial charge in [0.15, 0.2) is 0 Å². The maximum Gasteiger partial charge on any atom is 0.272 e. The molecule has 0 aliphatic carbocycles.